The zero-order chi connectivity index (χ0) is 14.9. The van der Waals surface area contributed by atoms with Gasteiger partial charge in [-0.3, -0.25) is 9.69 Å². The lowest BCUT2D eigenvalue weighted by molar-refractivity contribution is 0.0406. The van der Waals surface area contributed by atoms with Crippen molar-refractivity contribution in [2.24, 2.45) is 11.8 Å². The van der Waals surface area contributed by atoms with Gasteiger partial charge in [0.2, 0.25) is 0 Å². The number of Topliss-reactive ketones (excluding diaryl/α,β-unsaturated/α-hetero) is 1. The summed E-state index contributed by atoms with van der Waals surface area (Å²) >= 11 is 3.41. The maximum absolute atomic E-state index is 12.7. The Labute approximate surface area is 130 Å². The molecule has 4 atom stereocenters. The normalized spacial score (nSPS) is 29.1. The number of nitrogens with zero attached hydrogens (tertiary/aromatic N) is 1. The van der Waals surface area contributed by atoms with Crippen LogP contribution in [0.4, 0.5) is 0 Å². The van der Waals surface area contributed by atoms with E-state index in [0.29, 0.717) is 17.9 Å². The van der Waals surface area contributed by atoms with E-state index >= 15 is 0 Å². The van der Waals surface area contributed by atoms with E-state index in [1.54, 1.807) is 0 Å². The standard InChI is InChI=1S/C17H24BrNO/c1-11-9-12(2)13(3)19(10-11)14(4)17(20)15-5-7-16(18)8-6-15/h5-8,11-14H,9-10H2,1-4H3. The van der Waals surface area contributed by atoms with Gasteiger partial charge in [0, 0.05) is 22.6 Å². The fourth-order valence-electron chi connectivity index (χ4n) is 3.28. The van der Waals surface area contributed by atoms with Crippen molar-refractivity contribution >= 4 is 21.7 Å². The summed E-state index contributed by atoms with van der Waals surface area (Å²) in [4.78, 5) is 15.0. The highest BCUT2D eigenvalue weighted by molar-refractivity contribution is 9.10. The molecule has 110 valence electrons. The smallest absolute Gasteiger partial charge is 0.179 e. The summed E-state index contributed by atoms with van der Waals surface area (Å²) in [6.07, 6.45) is 1.26. The predicted octanol–water partition coefficient (Wildman–Crippen LogP) is 4.39. The van der Waals surface area contributed by atoms with E-state index in [9.17, 15) is 4.79 Å². The lowest BCUT2D eigenvalue weighted by atomic mass is 9.84. The molecule has 2 rings (SSSR count). The molecule has 1 aliphatic heterocycles. The Kier molecular flexibility index (Phi) is 5.03. The van der Waals surface area contributed by atoms with Gasteiger partial charge in [-0.15, -0.1) is 0 Å². The first-order valence-electron chi connectivity index (χ1n) is 7.45. The molecule has 1 fully saturated rings. The molecule has 1 aromatic carbocycles. The Hall–Kier alpha value is -0.670. The Balaban J connectivity index is 2.15. The van der Waals surface area contributed by atoms with Crippen molar-refractivity contribution < 1.29 is 4.79 Å². The van der Waals surface area contributed by atoms with Crippen LogP contribution in [0, 0.1) is 11.8 Å². The number of benzene rings is 1. The minimum absolute atomic E-state index is 0.0450. The van der Waals surface area contributed by atoms with Gasteiger partial charge in [0.25, 0.3) is 0 Å². The molecule has 0 radical (unpaired) electrons. The molecule has 1 aromatic rings. The first-order valence-corrected chi connectivity index (χ1v) is 8.25. The van der Waals surface area contributed by atoms with Crippen molar-refractivity contribution in [3.05, 3.63) is 34.3 Å². The molecule has 0 aromatic heterocycles. The number of halogens is 1. The van der Waals surface area contributed by atoms with Gasteiger partial charge in [-0.2, -0.15) is 0 Å². The van der Waals surface area contributed by atoms with Gasteiger partial charge in [0.1, 0.15) is 0 Å². The summed E-state index contributed by atoms with van der Waals surface area (Å²) < 4.78 is 1.01. The topological polar surface area (TPSA) is 20.3 Å². The number of piperidine rings is 1. The average molecular weight is 338 g/mol. The molecule has 0 aliphatic carbocycles. The number of ketones is 1. The molecule has 0 saturated carbocycles. The molecule has 2 nitrogen and oxygen atoms in total. The summed E-state index contributed by atoms with van der Waals surface area (Å²) in [6.45, 7) is 9.90. The van der Waals surface area contributed by atoms with Crippen LogP contribution in [-0.4, -0.2) is 29.3 Å². The van der Waals surface area contributed by atoms with Crippen LogP contribution in [0.3, 0.4) is 0 Å². The SMILES string of the molecule is CC1CC(C)C(C)N(C(C)C(=O)c2ccc(Br)cc2)C1. The first-order chi connectivity index (χ1) is 9.40. The van der Waals surface area contributed by atoms with E-state index in [-0.39, 0.29) is 11.8 Å². The number of hydrogen-bond acceptors (Lipinski definition) is 2. The molecule has 3 heteroatoms. The second kappa shape index (κ2) is 6.40. The monoisotopic (exact) mass is 337 g/mol. The summed E-state index contributed by atoms with van der Waals surface area (Å²) in [5.41, 5.74) is 0.804. The highest BCUT2D eigenvalue weighted by Crippen LogP contribution is 2.29. The van der Waals surface area contributed by atoms with E-state index < -0.39 is 0 Å². The van der Waals surface area contributed by atoms with Gasteiger partial charge in [-0.1, -0.05) is 41.9 Å². The van der Waals surface area contributed by atoms with E-state index in [0.717, 1.165) is 16.6 Å². The van der Waals surface area contributed by atoms with Gasteiger partial charge in [-0.25, -0.2) is 0 Å². The molecule has 0 N–H and O–H groups in total. The van der Waals surface area contributed by atoms with E-state index in [1.807, 2.05) is 31.2 Å². The maximum Gasteiger partial charge on any atom is 0.179 e. The Morgan fingerprint density at radius 1 is 1.25 bits per heavy atom. The zero-order valence-electron chi connectivity index (χ0n) is 12.8. The molecule has 0 bridgehead atoms. The second-order valence-corrected chi connectivity index (χ2v) is 7.22. The second-order valence-electron chi connectivity index (χ2n) is 6.30. The van der Waals surface area contributed by atoms with E-state index in [4.69, 9.17) is 0 Å². The zero-order valence-corrected chi connectivity index (χ0v) is 14.4. The van der Waals surface area contributed by atoms with Crippen LogP contribution in [0.25, 0.3) is 0 Å². The highest BCUT2D eigenvalue weighted by Gasteiger charge is 2.34. The van der Waals surface area contributed by atoms with Gasteiger partial charge in [0.15, 0.2) is 5.78 Å². The molecular formula is C17H24BrNO. The largest absolute Gasteiger partial charge is 0.292 e. The Morgan fingerprint density at radius 3 is 2.45 bits per heavy atom. The summed E-state index contributed by atoms with van der Waals surface area (Å²) in [5, 5.41) is 0. The fraction of sp³-hybridized carbons (Fsp3) is 0.588. The van der Waals surface area contributed by atoms with Gasteiger partial charge in [0.05, 0.1) is 6.04 Å². The van der Waals surface area contributed by atoms with Crippen molar-refractivity contribution in [1.82, 2.24) is 4.90 Å². The number of carbonyl (C=O) groups excluding carboxylic acids is 1. The third kappa shape index (κ3) is 3.32. The minimum atomic E-state index is -0.0450. The molecule has 20 heavy (non-hydrogen) atoms. The van der Waals surface area contributed by atoms with Crippen molar-refractivity contribution in [3.63, 3.8) is 0 Å². The predicted molar refractivity (Wildman–Crippen MR) is 87.0 cm³/mol. The lowest BCUT2D eigenvalue weighted by Crippen LogP contribution is -2.52. The number of likely N-dealkylation sites (tertiary alicyclic amines) is 1. The maximum atomic E-state index is 12.7. The Morgan fingerprint density at radius 2 is 1.85 bits per heavy atom. The van der Waals surface area contributed by atoms with Gasteiger partial charge < -0.3 is 0 Å². The van der Waals surface area contributed by atoms with Crippen molar-refractivity contribution in [1.29, 1.82) is 0 Å². The van der Waals surface area contributed by atoms with Gasteiger partial charge in [-0.05, 0) is 44.2 Å². The van der Waals surface area contributed by atoms with Crippen LogP contribution >= 0.6 is 15.9 Å². The van der Waals surface area contributed by atoms with Crippen LogP contribution in [0.2, 0.25) is 0 Å². The summed E-state index contributed by atoms with van der Waals surface area (Å²) in [7, 11) is 0. The third-order valence-electron chi connectivity index (χ3n) is 4.65. The average Bonchev–Trinajstić information content (AvgIpc) is 2.42. The molecule has 1 aliphatic rings. The number of carbonyl (C=O) groups is 1. The van der Waals surface area contributed by atoms with Gasteiger partial charge >= 0.3 is 0 Å². The third-order valence-corrected chi connectivity index (χ3v) is 5.18. The van der Waals surface area contributed by atoms with Crippen LogP contribution in [0.15, 0.2) is 28.7 Å². The lowest BCUT2D eigenvalue weighted by Gasteiger charge is -2.43. The van der Waals surface area contributed by atoms with Crippen molar-refractivity contribution in [2.75, 3.05) is 6.54 Å². The molecule has 0 amide bonds. The van der Waals surface area contributed by atoms with E-state index in [2.05, 4.69) is 41.6 Å². The first kappa shape index (κ1) is 15.7. The molecule has 4 unspecified atom stereocenters. The fourth-order valence-corrected chi connectivity index (χ4v) is 3.54. The molecule has 1 heterocycles. The molecular weight excluding hydrogens is 314 g/mol. The molecule has 0 spiro atoms. The van der Waals surface area contributed by atoms with Crippen LogP contribution in [0.5, 0.6) is 0 Å². The number of rotatable bonds is 3. The highest BCUT2D eigenvalue weighted by atomic mass is 79.9. The van der Waals surface area contributed by atoms with E-state index in [1.165, 1.54) is 6.42 Å². The summed E-state index contributed by atoms with van der Waals surface area (Å²) in [5.74, 6) is 1.55. The van der Waals surface area contributed by atoms with Crippen LogP contribution < -0.4 is 0 Å². The van der Waals surface area contributed by atoms with Crippen molar-refractivity contribution in [2.45, 2.75) is 46.2 Å². The molecule has 1 saturated heterocycles. The minimum Gasteiger partial charge on any atom is -0.292 e. The van der Waals surface area contributed by atoms with Crippen LogP contribution in [-0.2, 0) is 0 Å². The Bertz CT molecular complexity index is 470. The quantitative estimate of drug-likeness (QED) is 0.762. The van der Waals surface area contributed by atoms with Crippen LogP contribution in [0.1, 0.15) is 44.5 Å². The van der Waals surface area contributed by atoms with Crippen molar-refractivity contribution in [3.8, 4) is 0 Å². The number of hydrogen-bond donors (Lipinski definition) is 0. The summed E-state index contributed by atoms with van der Waals surface area (Å²) in [6, 6.07) is 8.11.